The molecular weight excluding hydrogens is 266 g/mol. The van der Waals surface area contributed by atoms with Crippen LogP contribution in [0.1, 0.15) is 23.0 Å². The van der Waals surface area contributed by atoms with E-state index in [1.807, 2.05) is 23.6 Å². The molecule has 1 aliphatic heterocycles. The lowest BCUT2D eigenvalue weighted by Gasteiger charge is -2.29. The summed E-state index contributed by atoms with van der Waals surface area (Å²) in [5.41, 5.74) is 1.18. The number of hydrogen-bond donors (Lipinski definition) is 1. The maximum absolute atomic E-state index is 4.51. The molecular formula is C16H21N3S. The van der Waals surface area contributed by atoms with Gasteiger partial charge in [0.2, 0.25) is 0 Å². The first-order chi connectivity index (χ1) is 9.93. The first kappa shape index (κ1) is 13.7. The van der Waals surface area contributed by atoms with E-state index in [1.165, 1.54) is 23.5 Å². The van der Waals surface area contributed by atoms with E-state index in [9.17, 15) is 0 Å². The van der Waals surface area contributed by atoms with Crippen molar-refractivity contribution in [1.82, 2.24) is 15.2 Å². The van der Waals surface area contributed by atoms with E-state index < -0.39 is 0 Å². The topological polar surface area (TPSA) is 28.2 Å². The Morgan fingerprint density at radius 1 is 1.20 bits per heavy atom. The number of thiophene rings is 1. The summed E-state index contributed by atoms with van der Waals surface area (Å²) < 4.78 is 0. The van der Waals surface area contributed by atoms with Gasteiger partial charge in [-0.05, 0) is 36.5 Å². The molecule has 20 heavy (non-hydrogen) atoms. The molecule has 3 nitrogen and oxygen atoms in total. The molecule has 0 radical (unpaired) electrons. The summed E-state index contributed by atoms with van der Waals surface area (Å²) in [7, 11) is 0. The number of nitrogens with one attached hydrogen (secondary N) is 1. The third-order valence-electron chi connectivity index (χ3n) is 3.82. The van der Waals surface area contributed by atoms with Gasteiger partial charge in [0.05, 0.1) is 0 Å². The molecule has 2 aromatic rings. The molecule has 2 aromatic heterocycles. The number of aromatic nitrogens is 1. The fourth-order valence-electron chi connectivity index (χ4n) is 2.79. The summed E-state index contributed by atoms with van der Waals surface area (Å²) >= 11 is 1.86. The van der Waals surface area contributed by atoms with Gasteiger partial charge >= 0.3 is 0 Å². The van der Waals surface area contributed by atoms with Gasteiger partial charge in [-0.3, -0.25) is 9.88 Å². The SMILES string of the molecule is c1ccc(CC(c2cccs2)N2CCCNCC2)nc1. The Morgan fingerprint density at radius 2 is 2.20 bits per heavy atom. The maximum atomic E-state index is 4.51. The van der Waals surface area contributed by atoms with Crippen LogP contribution in [0.3, 0.4) is 0 Å². The van der Waals surface area contributed by atoms with Crippen LogP contribution in [-0.4, -0.2) is 36.1 Å². The van der Waals surface area contributed by atoms with Crippen LogP contribution in [0.2, 0.25) is 0 Å². The standard InChI is InChI=1S/C16H21N3S/c1-2-8-18-14(5-1)13-15(16-6-3-12-20-16)19-10-4-7-17-9-11-19/h1-3,5-6,8,12,15,17H,4,7,9-11,13H2. The minimum absolute atomic E-state index is 0.463. The lowest BCUT2D eigenvalue weighted by molar-refractivity contribution is 0.211. The van der Waals surface area contributed by atoms with Gasteiger partial charge in [-0.25, -0.2) is 0 Å². The van der Waals surface area contributed by atoms with Crippen LogP contribution >= 0.6 is 11.3 Å². The Balaban J connectivity index is 1.80. The molecule has 3 rings (SSSR count). The predicted octanol–water partition coefficient (Wildman–Crippen LogP) is 2.72. The van der Waals surface area contributed by atoms with Crippen LogP contribution in [0, 0.1) is 0 Å². The van der Waals surface area contributed by atoms with Crippen molar-refractivity contribution < 1.29 is 0 Å². The molecule has 0 amide bonds. The molecule has 1 fully saturated rings. The van der Waals surface area contributed by atoms with Crippen molar-refractivity contribution in [2.45, 2.75) is 18.9 Å². The van der Waals surface area contributed by atoms with Crippen molar-refractivity contribution in [3.63, 3.8) is 0 Å². The number of nitrogens with zero attached hydrogens (tertiary/aromatic N) is 2. The van der Waals surface area contributed by atoms with Crippen molar-refractivity contribution in [3.05, 3.63) is 52.5 Å². The average Bonchev–Trinajstić information content (AvgIpc) is 2.88. The van der Waals surface area contributed by atoms with E-state index in [1.54, 1.807) is 0 Å². The molecule has 1 unspecified atom stereocenters. The Morgan fingerprint density at radius 3 is 3.00 bits per heavy atom. The quantitative estimate of drug-likeness (QED) is 0.937. The molecule has 4 heteroatoms. The Bertz CT molecular complexity index is 490. The van der Waals surface area contributed by atoms with Gasteiger partial charge in [-0.2, -0.15) is 0 Å². The molecule has 1 atom stereocenters. The fraction of sp³-hybridized carbons (Fsp3) is 0.438. The van der Waals surface area contributed by atoms with Gasteiger partial charge in [-0.15, -0.1) is 11.3 Å². The van der Waals surface area contributed by atoms with Crippen molar-refractivity contribution in [3.8, 4) is 0 Å². The normalized spacial score (nSPS) is 18.6. The van der Waals surface area contributed by atoms with Gasteiger partial charge in [0.25, 0.3) is 0 Å². The van der Waals surface area contributed by atoms with Crippen molar-refractivity contribution in [2.24, 2.45) is 0 Å². The molecule has 0 aliphatic carbocycles. The van der Waals surface area contributed by atoms with Crippen LogP contribution in [0.5, 0.6) is 0 Å². The second-order valence-electron chi connectivity index (χ2n) is 5.20. The zero-order chi connectivity index (χ0) is 13.6. The summed E-state index contributed by atoms with van der Waals surface area (Å²) in [5, 5.41) is 5.66. The second-order valence-corrected chi connectivity index (χ2v) is 6.18. The van der Waals surface area contributed by atoms with Crippen LogP contribution in [0.25, 0.3) is 0 Å². The van der Waals surface area contributed by atoms with Gasteiger partial charge in [-0.1, -0.05) is 12.1 Å². The van der Waals surface area contributed by atoms with Gasteiger partial charge in [0.1, 0.15) is 0 Å². The Labute approximate surface area is 124 Å². The van der Waals surface area contributed by atoms with E-state index in [0.717, 1.165) is 26.1 Å². The molecule has 0 bridgehead atoms. The molecule has 1 aliphatic rings. The predicted molar refractivity (Wildman–Crippen MR) is 84.1 cm³/mol. The van der Waals surface area contributed by atoms with Crippen LogP contribution in [0.4, 0.5) is 0 Å². The van der Waals surface area contributed by atoms with Gasteiger partial charge in [0.15, 0.2) is 0 Å². The second kappa shape index (κ2) is 6.97. The average molecular weight is 287 g/mol. The number of hydrogen-bond acceptors (Lipinski definition) is 4. The van der Waals surface area contributed by atoms with Crippen LogP contribution < -0.4 is 5.32 Å². The van der Waals surface area contributed by atoms with E-state index in [0.29, 0.717) is 6.04 Å². The van der Waals surface area contributed by atoms with E-state index in [-0.39, 0.29) is 0 Å². The minimum atomic E-state index is 0.463. The molecule has 3 heterocycles. The largest absolute Gasteiger partial charge is 0.315 e. The first-order valence-electron chi connectivity index (χ1n) is 7.31. The van der Waals surface area contributed by atoms with E-state index in [2.05, 4.69) is 44.8 Å². The smallest absolute Gasteiger partial charge is 0.0497 e. The highest BCUT2D eigenvalue weighted by Gasteiger charge is 2.22. The third-order valence-corrected chi connectivity index (χ3v) is 4.79. The summed E-state index contributed by atoms with van der Waals surface area (Å²) in [6.07, 6.45) is 4.12. The molecule has 1 N–H and O–H groups in total. The lowest BCUT2D eigenvalue weighted by Crippen LogP contribution is -2.33. The Hall–Kier alpha value is -1.23. The minimum Gasteiger partial charge on any atom is -0.315 e. The number of pyridine rings is 1. The number of rotatable bonds is 4. The highest BCUT2D eigenvalue weighted by Crippen LogP contribution is 2.28. The highest BCUT2D eigenvalue weighted by atomic mass is 32.1. The fourth-order valence-corrected chi connectivity index (χ4v) is 3.65. The van der Waals surface area contributed by atoms with Gasteiger partial charge < -0.3 is 5.32 Å². The Kier molecular flexibility index (Phi) is 4.79. The molecule has 0 spiro atoms. The van der Waals surface area contributed by atoms with E-state index >= 15 is 0 Å². The first-order valence-corrected chi connectivity index (χ1v) is 8.19. The molecule has 1 saturated heterocycles. The zero-order valence-corrected chi connectivity index (χ0v) is 12.5. The van der Waals surface area contributed by atoms with Crippen molar-refractivity contribution in [2.75, 3.05) is 26.2 Å². The third kappa shape index (κ3) is 3.45. The van der Waals surface area contributed by atoms with E-state index in [4.69, 9.17) is 0 Å². The van der Waals surface area contributed by atoms with Crippen LogP contribution in [-0.2, 0) is 6.42 Å². The summed E-state index contributed by atoms with van der Waals surface area (Å²) in [5.74, 6) is 0. The molecule has 0 aromatic carbocycles. The van der Waals surface area contributed by atoms with Crippen LogP contribution in [0.15, 0.2) is 41.9 Å². The summed E-state index contributed by atoms with van der Waals surface area (Å²) in [6, 6.07) is 11.1. The molecule has 0 saturated carbocycles. The summed E-state index contributed by atoms with van der Waals surface area (Å²) in [4.78, 5) is 8.58. The van der Waals surface area contributed by atoms with Gasteiger partial charge in [0, 0.05) is 48.9 Å². The molecule has 106 valence electrons. The summed E-state index contributed by atoms with van der Waals surface area (Å²) in [6.45, 7) is 4.51. The van der Waals surface area contributed by atoms with Crippen molar-refractivity contribution >= 4 is 11.3 Å². The van der Waals surface area contributed by atoms with Crippen molar-refractivity contribution in [1.29, 1.82) is 0 Å². The monoisotopic (exact) mass is 287 g/mol. The highest BCUT2D eigenvalue weighted by molar-refractivity contribution is 7.10. The zero-order valence-electron chi connectivity index (χ0n) is 11.7. The lowest BCUT2D eigenvalue weighted by atomic mass is 10.1. The maximum Gasteiger partial charge on any atom is 0.0497 e.